The quantitative estimate of drug-likeness (QED) is 0.866. The first-order valence-electron chi connectivity index (χ1n) is 5.67. The van der Waals surface area contributed by atoms with Gasteiger partial charge in [-0.3, -0.25) is 9.97 Å². The average Bonchev–Trinajstić information content (AvgIpc) is 2.36. The second-order valence-electron chi connectivity index (χ2n) is 4.14. The third kappa shape index (κ3) is 3.07. The first kappa shape index (κ1) is 13.9. The average molecular weight is 328 g/mol. The standard InChI is InChI=1S/C13H12BrF2N3/c1-7-13(18-4-3-17-7)8(2)19-12-5-9(14)10(15)6-11(12)16/h3-6,8,19H,1-2H3. The zero-order valence-corrected chi connectivity index (χ0v) is 12.0. The number of nitrogens with one attached hydrogen (secondary N) is 1. The number of benzene rings is 1. The summed E-state index contributed by atoms with van der Waals surface area (Å²) in [6.45, 7) is 3.67. The molecule has 0 saturated heterocycles. The van der Waals surface area contributed by atoms with Crippen LogP contribution in [0.4, 0.5) is 14.5 Å². The molecule has 0 fully saturated rings. The van der Waals surface area contributed by atoms with Gasteiger partial charge in [0.05, 0.1) is 27.6 Å². The van der Waals surface area contributed by atoms with Crippen LogP contribution in [-0.4, -0.2) is 9.97 Å². The maximum atomic E-state index is 13.6. The Balaban J connectivity index is 2.27. The minimum Gasteiger partial charge on any atom is -0.374 e. The Morgan fingerprint density at radius 1 is 1.16 bits per heavy atom. The predicted molar refractivity (Wildman–Crippen MR) is 72.9 cm³/mol. The summed E-state index contributed by atoms with van der Waals surface area (Å²) in [6, 6.07) is 1.97. The van der Waals surface area contributed by atoms with Crippen molar-refractivity contribution in [3.8, 4) is 0 Å². The van der Waals surface area contributed by atoms with Crippen LogP contribution in [0.5, 0.6) is 0 Å². The first-order chi connectivity index (χ1) is 8.99. The van der Waals surface area contributed by atoms with E-state index in [4.69, 9.17) is 0 Å². The molecule has 1 unspecified atom stereocenters. The van der Waals surface area contributed by atoms with Gasteiger partial charge in [0.15, 0.2) is 0 Å². The highest BCUT2D eigenvalue weighted by molar-refractivity contribution is 9.10. The van der Waals surface area contributed by atoms with E-state index in [9.17, 15) is 8.78 Å². The van der Waals surface area contributed by atoms with Crippen molar-refractivity contribution in [2.75, 3.05) is 5.32 Å². The van der Waals surface area contributed by atoms with Crippen LogP contribution in [0, 0.1) is 18.6 Å². The van der Waals surface area contributed by atoms with E-state index in [-0.39, 0.29) is 16.2 Å². The van der Waals surface area contributed by atoms with Gasteiger partial charge >= 0.3 is 0 Å². The zero-order valence-electron chi connectivity index (χ0n) is 10.4. The molecule has 0 spiro atoms. The molecule has 1 aromatic heterocycles. The molecule has 3 nitrogen and oxygen atoms in total. The van der Waals surface area contributed by atoms with E-state index in [1.54, 1.807) is 12.4 Å². The van der Waals surface area contributed by atoms with Crippen LogP contribution < -0.4 is 5.32 Å². The number of aryl methyl sites for hydroxylation is 1. The first-order valence-corrected chi connectivity index (χ1v) is 6.47. The van der Waals surface area contributed by atoms with E-state index in [2.05, 4.69) is 31.2 Å². The molecule has 1 aromatic carbocycles. The van der Waals surface area contributed by atoms with Crippen LogP contribution in [0.1, 0.15) is 24.4 Å². The lowest BCUT2D eigenvalue weighted by Gasteiger charge is -2.17. The van der Waals surface area contributed by atoms with Gasteiger partial charge in [0.25, 0.3) is 0 Å². The van der Waals surface area contributed by atoms with E-state index in [1.165, 1.54) is 6.07 Å². The Morgan fingerprint density at radius 2 is 1.84 bits per heavy atom. The molecule has 0 aliphatic carbocycles. The summed E-state index contributed by atoms with van der Waals surface area (Å²) in [5, 5.41) is 2.96. The summed E-state index contributed by atoms with van der Waals surface area (Å²) in [4.78, 5) is 8.34. The molecule has 0 amide bonds. The predicted octanol–water partition coefficient (Wildman–Crippen LogP) is 4.00. The van der Waals surface area contributed by atoms with Crippen LogP contribution in [0.2, 0.25) is 0 Å². The van der Waals surface area contributed by atoms with Crippen molar-refractivity contribution in [1.29, 1.82) is 0 Å². The molecule has 0 bridgehead atoms. The highest BCUT2D eigenvalue weighted by Gasteiger charge is 2.14. The molecule has 6 heteroatoms. The van der Waals surface area contributed by atoms with Gasteiger partial charge < -0.3 is 5.32 Å². The van der Waals surface area contributed by atoms with E-state index in [0.29, 0.717) is 0 Å². The number of anilines is 1. The molecule has 1 heterocycles. The lowest BCUT2D eigenvalue weighted by atomic mass is 10.1. The van der Waals surface area contributed by atoms with E-state index in [0.717, 1.165) is 17.5 Å². The lowest BCUT2D eigenvalue weighted by molar-refractivity contribution is 0.579. The van der Waals surface area contributed by atoms with Gasteiger partial charge in [-0.05, 0) is 35.8 Å². The zero-order chi connectivity index (χ0) is 14.0. The van der Waals surface area contributed by atoms with Gasteiger partial charge in [-0.2, -0.15) is 0 Å². The van der Waals surface area contributed by atoms with Crippen LogP contribution in [-0.2, 0) is 0 Å². The summed E-state index contributed by atoms with van der Waals surface area (Å²) in [6.07, 6.45) is 3.18. The monoisotopic (exact) mass is 327 g/mol. The smallest absolute Gasteiger partial charge is 0.149 e. The highest BCUT2D eigenvalue weighted by Crippen LogP contribution is 2.27. The fourth-order valence-electron chi connectivity index (χ4n) is 1.78. The van der Waals surface area contributed by atoms with Gasteiger partial charge in [-0.15, -0.1) is 0 Å². The molecule has 1 atom stereocenters. The van der Waals surface area contributed by atoms with Crippen molar-refractivity contribution in [3.05, 3.63) is 52.0 Å². The topological polar surface area (TPSA) is 37.8 Å². The molecular formula is C13H12BrF2N3. The number of rotatable bonds is 3. The molecule has 0 aliphatic heterocycles. The third-order valence-electron chi connectivity index (χ3n) is 2.71. The second kappa shape index (κ2) is 5.61. The van der Waals surface area contributed by atoms with Crippen molar-refractivity contribution in [2.45, 2.75) is 19.9 Å². The maximum absolute atomic E-state index is 13.6. The SMILES string of the molecule is Cc1nccnc1C(C)Nc1cc(Br)c(F)cc1F. The van der Waals surface area contributed by atoms with Crippen molar-refractivity contribution < 1.29 is 8.78 Å². The minimum absolute atomic E-state index is 0.208. The van der Waals surface area contributed by atoms with Crippen molar-refractivity contribution >= 4 is 21.6 Å². The Bertz CT molecular complexity index is 604. The third-order valence-corrected chi connectivity index (χ3v) is 3.32. The van der Waals surface area contributed by atoms with Gasteiger partial charge in [-0.25, -0.2) is 8.78 Å². The van der Waals surface area contributed by atoms with Crippen molar-refractivity contribution in [2.24, 2.45) is 0 Å². The fourth-order valence-corrected chi connectivity index (χ4v) is 2.12. The Labute approximate surface area is 118 Å². The van der Waals surface area contributed by atoms with Crippen LogP contribution in [0.15, 0.2) is 29.0 Å². The summed E-state index contributed by atoms with van der Waals surface area (Å²) in [5.41, 5.74) is 1.71. The fraction of sp³-hybridized carbons (Fsp3) is 0.231. The number of nitrogens with zero attached hydrogens (tertiary/aromatic N) is 2. The summed E-state index contributed by atoms with van der Waals surface area (Å²) >= 11 is 3.03. The van der Waals surface area contributed by atoms with Crippen molar-refractivity contribution in [3.63, 3.8) is 0 Å². The molecule has 0 saturated carbocycles. The maximum Gasteiger partial charge on any atom is 0.149 e. The highest BCUT2D eigenvalue weighted by atomic mass is 79.9. The largest absolute Gasteiger partial charge is 0.374 e. The summed E-state index contributed by atoms with van der Waals surface area (Å²) in [5.74, 6) is -1.28. The van der Waals surface area contributed by atoms with Gasteiger partial charge in [-0.1, -0.05) is 0 Å². The van der Waals surface area contributed by atoms with Gasteiger partial charge in [0, 0.05) is 18.5 Å². The van der Waals surface area contributed by atoms with E-state index in [1.807, 2.05) is 13.8 Å². The molecule has 19 heavy (non-hydrogen) atoms. The number of halogens is 3. The lowest BCUT2D eigenvalue weighted by Crippen LogP contribution is -2.12. The Kier molecular flexibility index (Phi) is 4.09. The van der Waals surface area contributed by atoms with Crippen LogP contribution in [0.3, 0.4) is 0 Å². The molecule has 1 N–H and O–H groups in total. The molecule has 0 aliphatic rings. The number of hydrogen-bond donors (Lipinski definition) is 1. The molecule has 2 aromatic rings. The van der Waals surface area contributed by atoms with Gasteiger partial charge in [0.2, 0.25) is 0 Å². The summed E-state index contributed by atoms with van der Waals surface area (Å²) < 4.78 is 27.0. The second-order valence-corrected chi connectivity index (χ2v) is 4.99. The minimum atomic E-state index is -0.644. The van der Waals surface area contributed by atoms with Crippen molar-refractivity contribution in [1.82, 2.24) is 9.97 Å². The molecule has 2 rings (SSSR count). The molecule has 0 radical (unpaired) electrons. The summed E-state index contributed by atoms with van der Waals surface area (Å²) in [7, 11) is 0. The van der Waals surface area contributed by atoms with E-state index < -0.39 is 11.6 Å². The van der Waals surface area contributed by atoms with Gasteiger partial charge in [0.1, 0.15) is 11.6 Å². The Morgan fingerprint density at radius 3 is 2.53 bits per heavy atom. The number of aromatic nitrogens is 2. The number of hydrogen-bond acceptors (Lipinski definition) is 3. The normalized spacial score (nSPS) is 12.3. The van der Waals surface area contributed by atoms with Crippen LogP contribution >= 0.6 is 15.9 Å². The molecular weight excluding hydrogens is 316 g/mol. The Hall–Kier alpha value is -1.56. The van der Waals surface area contributed by atoms with Crippen LogP contribution in [0.25, 0.3) is 0 Å². The van der Waals surface area contributed by atoms with E-state index >= 15 is 0 Å². The molecule has 100 valence electrons.